The van der Waals surface area contributed by atoms with Crippen LogP contribution in [0.3, 0.4) is 0 Å². The number of nitrogens with two attached hydrogens (primary N) is 1. The van der Waals surface area contributed by atoms with Crippen molar-refractivity contribution in [3.8, 4) is 0 Å². The molecule has 1 amide bonds. The number of amides is 1. The highest BCUT2D eigenvalue weighted by Crippen LogP contribution is 2.29. The number of carbonyl (C=O) groups excluding carboxylic acids is 1. The molecule has 1 aromatic carbocycles. The van der Waals surface area contributed by atoms with Crippen molar-refractivity contribution in [2.45, 2.75) is 19.3 Å². The Bertz CT molecular complexity index is 677. The summed E-state index contributed by atoms with van der Waals surface area (Å²) in [7, 11) is 0. The number of anilines is 2. The van der Waals surface area contributed by atoms with E-state index in [0.29, 0.717) is 16.4 Å². The van der Waals surface area contributed by atoms with Gasteiger partial charge in [0.05, 0.1) is 5.69 Å². The summed E-state index contributed by atoms with van der Waals surface area (Å²) in [6.45, 7) is 3.21. The van der Waals surface area contributed by atoms with Gasteiger partial charge in [0.1, 0.15) is 5.41 Å². The Morgan fingerprint density at radius 3 is 2.43 bits per heavy atom. The summed E-state index contributed by atoms with van der Waals surface area (Å²) in [5.41, 5.74) is 5.80. The van der Waals surface area contributed by atoms with Gasteiger partial charge in [-0.1, -0.05) is 0 Å². The summed E-state index contributed by atoms with van der Waals surface area (Å²) in [5.74, 6) is -1.41. The van der Waals surface area contributed by atoms with Gasteiger partial charge in [-0.25, -0.2) is 4.98 Å². The molecule has 2 aromatic rings. The summed E-state index contributed by atoms with van der Waals surface area (Å²) in [6, 6.07) is 6.65. The zero-order valence-corrected chi connectivity index (χ0v) is 12.4. The molecule has 0 unspecified atom stereocenters. The van der Waals surface area contributed by atoms with Crippen LogP contribution < -0.4 is 11.1 Å². The van der Waals surface area contributed by atoms with Gasteiger partial charge in [0, 0.05) is 16.6 Å². The SMILES string of the molecule is CC(C)(C(=O)O)c1csc(Nc2ccc(C(N)=O)cc2)n1. The van der Waals surface area contributed by atoms with Crippen LogP contribution in [0.15, 0.2) is 29.6 Å². The van der Waals surface area contributed by atoms with E-state index in [9.17, 15) is 14.7 Å². The van der Waals surface area contributed by atoms with Crippen LogP contribution in [0.5, 0.6) is 0 Å². The molecule has 0 aliphatic carbocycles. The van der Waals surface area contributed by atoms with E-state index < -0.39 is 17.3 Å². The first-order chi connectivity index (χ1) is 9.80. The van der Waals surface area contributed by atoms with Crippen LogP contribution in [-0.4, -0.2) is 22.0 Å². The summed E-state index contributed by atoms with van der Waals surface area (Å²) in [5, 5.41) is 14.5. The molecule has 4 N–H and O–H groups in total. The minimum Gasteiger partial charge on any atom is -0.481 e. The van der Waals surface area contributed by atoms with Crippen molar-refractivity contribution < 1.29 is 14.7 Å². The number of carbonyl (C=O) groups is 2. The van der Waals surface area contributed by atoms with Crippen molar-refractivity contribution in [2.24, 2.45) is 5.73 Å². The second-order valence-electron chi connectivity index (χ2n) is 5.03. The Morgan fingerprint density at radius 1 is 1.29 bits per heavy atom. The third kappa shape index (κ3) is 3.19. The number of nitrogens with one attached hydrogen (secondary N) is 1. The molecule has 0 spiro atoms. The van der Waals surface area contributed by atoms with Crippen molar-refractivity contribution in [1.29, 1.82) is 0 Å². The van der Waals surface area contributed by atoms with E-state index in [-0.39, 0.29) is 0 Å². The van der Waals surface area contributed by atoms with Crippen molar-refractivity contribution in [3.05, 3.63) is 40.9 Å². The molecular weight excluding hydrogens is 290 g/mol. The summed E-state index contributed by atoms with van der Waals surface area (Å²) >= 11 is 1.32. The summed E-state index contributed by atoms with van der Waals surface area (Å²) in [6.07, 6.45) is 0. The Balaban J connectivity index is 2.16. The lowest BCUT2D eigenvalue weighted by molar-refractivity contribution is -0.142. The molecule has 0 radical (unpaired) electrons. The Kier molecular flexibility index (Phi) is 3.95. The average molecular weight is 305 g/mol. The number of hydrogen-bond donors (Lipinski definition) is 3. The quantitative estimate of drug-likeness (QED) is 0.786. The zero-order chi connectivity index (χ0) is 15.6. The third-order valence-corrected chi connectivity index (χ3v) is 3.86. The third-order valence-electron chi connectivity index (χ3n) is 3.10. The number of carboxylic acid groups (broad SMARTS) is 1. The number of aliphatic carboxylic acids is 1. The molecule has 2 rings (SSSR count). The predicted octanol–water partition coefficient (Wildman–Crippen LogP) is 2.35. The summed E-state index contributed by atoms with van der Waals surface area (Å²) in [4.78, 5) is 26.5. The van der Waals surface area contributed by atoms with Gasteiger partial charge >= 0.3 is 5.97 Å². The van der Waals surface area contributed by atoms with Gasteiger partial charge in [0.2, 0.25) is 5.91 Å². The number of benzene rings is 1. The fourth-order valence-corrected chi connectivity index (χ4v) is 2.47. The monoisotopic (exact) mass is 305 g/mol. The normalized spacial score (nSPS) is 11.1. The lowest BCUT2D eigenvalue weighted by Gasteiger charge is -2.15. The molecule has 7 heteroatoms. The second-order valence-corrected chi connectivity index (χ2v) is 5.89. The first-order valence-corrected chi connectivity index (χ1v) is 7.05. The highest BCUT2D eigenvalue weighted by Gasteiger charge is 2.32. The highest BCUT2D eigenvalue weighted by molar-refractivity contribution is 7.13. The maximum absolute atomic E-state index is 11.2. The molecule has 0 fully saturated rings. The van der Waals surface area contributed by atoms with Crippen LogP contribution in [-0.2, 0) is 10.2 Å². The molecular formula is C14H15N3O3S. The molecule has 0 saturated carbocycles. The van der Waals surface area contributed by atoms with E-state index in [2.05, 4.69) is 10.3 Å². The van der Waals surface area contributed by atoms with Crippen LogP contribution in [0.4, 0.5) is 10.8 Å². The molecule has 6 nitrogen and oxygen atoms in total. The predicted molar refractivity (Wildman–Crippen MR) is 81.0 cm³/mol. The van der Waals surface area contributed by atoms with E-state index in [0.717, 1.165) is 5.69 Å². The molecule has 1 heterocycles. The lowest BCUT2D eigenvalue weighted by atomic mass is 9.90. The smallest absolute Gasteiger partial charge is 0.315 e. The number of nitrogens with zero attached hydrogens (tertiary/aromatic N) is 1. The summed E-state index contributed by atoms with van der Waals surface area (Å²) < 4.78 is 0. The zero-order valence-electron chi connectivity index (χ0n) is 11.6. The Morgan fingerprint density at radius 2 is 1.90 bits per heavy atom. The first-order valence-electron chi connectivity index (χ1n) is 6.17. The van der Waals surface area contributed by atoms with Crippen LogP contribution in [0.2, 0.25) is 0 Å². The Labute approximate surface area is 125 Å². The van der Waals surface area contributed by atoms with E-state index in [4.69, 9.17) is 5.73 Å². The molecule has 1 aromatic heterocycles. The molecule has 0 aliphatic rings. The molecule has 0 saturated heterocycles. The fourth-order valence-electron chi connectivity index (χ4n) is 1.57. The van der Waals surface area contributed by atoms with Gasteiger partial charge in [0.15, 0.2) is 5.13 Å². The van der Waals surface area contributed by atoms with Crippen LogP contribution in [0, 0.1) is 0 Å². The number of thiazole rings is 1. The van der Waals surface area contributed by atoms with E-state index in [1.807, 2.05) is 0 Å². The van der Waals surface area contributed by atoms with E-state index in [1.165, 1.54) is 11.3 Å². The number of primary amides is 1. The maximum atomic E-state index is 11.2. The van der Waals surface area contributed by atoms with Gasteiger partial charge in [-0.05, 0) is 38.1 Å². The standard InChI is InChI=1S/C14H15N3O3S/c1-14(2,12(19)20)10-7-21-13(17-10)16-9-5-3-8(4-6-9)11(15)18/h3-7H,1-2H3,(H2,15,18)(H,16,17)(H,19,20). The Hall–Kier alpha value is -2.41. The molecule has 110 valence electrons. The van der Waals surface area contributed by atoms with Crippen molar-refractivity contribution >= 4 is 34.0 Å². The lowest BCUT2D eigenvalue weighted by Crippen LogP contribution is -2.28. The average Bonchev–Trinajstić information content (AvgIpc) is 2.88. The van der Waals surface area contributed by atoms with Gasteiger partial charge in [-0.15, -0.1) is 11.3 Å². The van der Waals surface area contributed by atoms with Crippen LogP contribution in [0.25, 0.3) is 0 Å². The number of rotatable bonds is 5. The fraction of sp³-hybridized carbons (Fsp3) is 0.214. The highest BCUT2D eigenvalue weighted by atomic mass is 32.1. The molecule has 0 atom stereocenters. The van der Waals surface area contributed by atoms with Crippen molar-refractivity contribution in [1.82, 2.24) is 4.98 Å². The minimum atomic E-state index is -1.04. The van der Waals surface area contributed by atoms with Gasteiger partial charge in [0.25, 0.3) is 0 Å². The topological polar surface area (TPSA) is 105 Å². The largest absolute Gasteiger partial charge is 0.481 e. The maximum Gasteiger partial charge on any atom is 0.315 e. The van der Waals surface area contributed by atoms with Gasteiger partial charge in [-0.3, -0.25) is 9.59 Å². The number of carboxylic acids is 1. The van der Waals surface area contributed by atoms with Crippen molar-refractivity contribution in [2.75, 3.05) is 5.32 Å². The van der Waals surface area contributed by atoms with E-state index in [1.54, 1.807) is 43.5 Å². The minimum absolute atomic E-state index is 0.424. The molecule has 0 aliphatic heterocycles. The van der Waals surface area contributed by atoms with Crippen LogP contribution in [0.1, 0.15) is 29.9 Å². The molecule has 21 heavy (non-hydrogen) atoms. The van der Waals surface area contributed by atoms with Crippen molar-refractivity contribution in [3.63, 3.8) is 0 Å². The van der Waals surface area contributed by atoms with Gasteiger partial charge in [-0.2, -0.15) is 0 Å². The number of hydrogen-bond acceptors (Lipinski definition) is 5. The van der Waals surface area contributed by atoms with Gasteiger partial charge < -0.3 is 16.2 Å². The second kappa shape index (κ2) is 5.53. The van der Waals surface area contributed by atoms with Crippen LogP contribution >= 0.6 is 11.3 Å². The van der Waals surface area contributed by atoms with E-state index >= 15 is 0 Å². The first kappa shape index (κ1) is 15.0. The number of aromatic nitrogens is 1. The molecule has 0 bridgehead atoms.